The molecule has 1 aliphatic rings. The number of nitrogens with zero attached hydrogens (tertiary/aromatic N) is 1. The van der Waals surface area contributed by atoms with Gasteiger partial charge in [-0.1, -0.05) is 0 Å². The number of hydrogen-bond donors (Lipinski definition) is 1. The summed E-state index contributed by atoms with van der Waals surface area (Å²) in [5.74, 6) is 0.843. The van der Waals surface area contributed by atoms with Crippen molar-refractivity contribution in [1.29, 1.82) is 0 Å². The lowest BCUT2D eigenvalue weighted by atomic mass is 9.95. The molecule has 4 heteroatoms. The van der Waals surface area contributed by atoms with Crippen LogP contribution in [0.15, 0.2) is 18.3 Å². The maximum Gasteiger partial charge on any atom is 0.138 e. The van der Waals surface area contributed by atoms with E-state index >= 15 is 0 Å². The van der Waals surface area contributed by atoms with Crippen LogP contribution in [0, 0.1) is 0 Å². The molecule has 2 N–H and O–H groups in total. The van der Waals surface area contributed by atoms with Crippen LogP contribution < -0.4 is 10.5 Å². The van der Waals surface area contributed by atoms with Crippen LogP contribution in [0.1, 0.15) is 38.3 Å². The SMILES string of the molecule is COC1CCCC(Oc2ccc(CC(C)N)nc2)C1. The molecule has 106 valence electrons. The fraction of sp³-hybridized carbons (Fsp3) is 0.667. The van der Waals surface area contributed by atoms with E-state index in [4.69, 9.17) is 15.2 Å². The number of hydrogen-bond acceptors (Lipinski definition) is 4. The summed E-state index contributed by atoms with van der Waals surface area (Å²) in [5.41, 5.74) is 6.77. The summed E-state index contributed by atoms with van der Waals surface area (Å²) in [7, 11) is 1.78. The second-order valence-corrected chi connectivity index (χ2v) is 5.43. The molecular weight excluding hydrogens is 240 g/mol. The van der Waals surface area contributed by atoms with Gasteiger partial charge in [-0.15, -0.1) is 0 Å². The number of aromatic nitrogens is 1. The molecule has 0 aromatic carbocycles. The minimum atomic E-state index is 0.139. The Labute approximate surface area is 115 Å². The first kappa shape index (κ1) is 14.3. The van der Waals surface area contributed by atoms with Crippen LogP contribution in [0.25, 0.3) is 0 Å². The molecule has 0 amide bonds. The molecule has 1 saturated carbocycles. The monoisotopic (exact) mass is 264 g/mol. The van der Waals surface area contributed by atoms with Gasteiger partial charge >= 0.3 is 0 Å². The van der Waals surface area contributed by atoms with Crippen LogP contribution in [0.4, 0.5) is 0 Å². The molecule has 0 radical (unpaired) electrons. The van der Waals surface area contributed by atoms with E-state index < -0.39 is 0 Å². The lowest BCUT2D eigenvalue weighted by Gasteiger charge is -2.28. The van der Waals surface area contributed by atoms with Crippen LogP contribution in [-0.4, -0.2) is 30.3 Å². The topological polar surface area (TPSA) is 57.4 Å². The highest BCUT2D eigenvalue weighted by Crippen LogP contribution is 2.25. The number of rotatable bonds is 5. The quantitative estimate of drug-likeness (QED) is 0.886. The van der Waals surface area contributed by atoms with Crippen molar-refractivity contribution in [3.63, 3.8) is 0 Å². The normalized spacial score (nSPS) is 25.0. The number of nitrogens with two attached hydrogens (primary N) is 1. The highest BCUT2D eigenvalue weighted by Gasteiger charge is 2.23. The van der Waals surface area contributed by atoms with Gasteiger partial charge in [-0.25, -0.2) is 0 Å². The van der Waals surface area contributed by atoms with Gasteiger partial charge < -0.3 is 15.2 Å². The number of pyridine rings is 1. The van der Waals surface area contributed by atoms with Crippen LogP contribution in [0.5, 0.6) is 5.75 Å². The second-order valence-electron chi connectivity index (χ2n) is 5.43. The van der Waals surface area contributed by atoms with Crippen LogP contribution >= 0.6 is 0 Å². The van der Waals surface area contributed by atoms with Crippen LogP contribution in [-0.2, 0) is 11.2 Å². The zero-order chi connectivity index (χ0) is 13.7. The van der Waals surface area contributed by atoms with E-state index in [1.54, 1.807) is 13.3 Å². The molecule has 1 aliphatic carbocycles. The largest absolute Gasteiger partial charge is 0.489 e. The van der Waals surface area contributed by atoms with Gasteiger partial charge in [-0.3, -0.25) is 4.98 Å². The molecule has 4 nitrogen and oxygen atoms in total. The van der Waals surface area contributed by atoms with Gasteiger partial charge in [0.05, 0.1) is 12.3 Å². The van der Waals surface area contributed by atoms with E-state index in [2.05, 4.69) is 4.98 Å². The van der Waals surface area contributed by atoms with Gasteiger partial charge in [-0.2, -0.15) is 0 Å². The third kappa shape index (κ3) is 4.48. The minimum Gasteiger partial charge on any atom is -0.489 e. The smallest absolute Gasteiger partial charge is 0.138 e. The summed E-state index contributed by atoms with van der Waals surface area (Å²) in [6.07, 6.45) is 7.56. The average molecular weight is 264 g/mol. The van der Waals surface area contributed by atoms with Crippen molar-refractivity contribution >= 4 is 0 Å². The summed E-state index contributed by atoms with van der Waals surface area (Å²) in [4.78, 5) is 4.39. The number of ether oxygens (including phenoxy) is 2. The first-order valence-electron chi connectivity index (χ1n) is 7.07. The maximum atomic E-state index is 5.97. The second kappa shape index (κ2) is 6.87. The molecule has 0 spiro atoms. The lowest BCUT2D eigenvalue weighted by molar-refractivity contribution is 0.0208. The summed E-state index contributed by atoms with van der Waals surface area (Å²) in [5, 5.41) is 0. The van der Waals surface area contributed by atoms with Gasteiger partial charge in [0.25, 0.3) is 0 Å². The molecule has 1 aromatic heterocycles. The van der Waals surface area contributed by atoms with Crippen LogP contribution in [0.3, 0.4) is 0 Å². The zero-order valence-electron chi connectivity index (χ0n) is 11.8. The Morgan fingerprint density at radius 3 is 2.79 bits per heavy atom. The van der Waals surface area contributed by atoms with Crippen molar-refractivity contribution in [2.24, 2.45) is 5.73 Å². The molecule has 1 fully saturated rings. The predicted molar refractivity (Wildman–Crippen MR) is 75.3 cm³/mol. The molecule has 1 aromatic rings. The Hall–Kier alpha value is -1.13. The summed E-state index contributed by atoms with van der Waals surface area (Å²) >= 11 is 0. The molecule has 0 bridgehead atoms. The third-order valence-electron chi connectivity index (χ3n) is 3.54. The standard InChI is InChI=1S/C15H24N2O2/c1-11(16)8-12-6-7-15(10-17-12)19-14-5-3-4-13(9-14)18-2/h6-7,10-11,13-14H,3-5,8-9,16H2,1-2H3. The Bertz CT molecular complexity index is 378. The Morgan fingerprint density at radius 2 is 2.16 bits per heavy atom. The van der Waals surface area contributed by atoms with Gasteiger partial charge in [0.1, 0.15) is 11.9 Å². The molecular formula is C15H24N2O2. The van der Waals surface area contributed by atoms with Gasteiger partial charge in [0.15, 0.2) is 0 Å². The highest BCUT2D eigenvalue weighted by atomic mass is 16.5. The summed E-state index contributed by atoms with van der Waals surface area (Å²) in [6, 6.07) is 4.12. The van der Waals surface area contributed by atoms with E-state index in [0.717, 1.165) is 37.1 Å². The lowest BCUT2D eigenvalue weighted by Crippen LogP contribution is -2.29. The Morgan fingerprint density at radius 1 is 1.37 bits per heavy atom. The highest BCUT2D eigenvalue weighted by molar-refractivity contribution is 5.20. The van der Waals surface area contributed by atoms with Crippen molar-refractivity contribution in [2.45, 2.75) is 57.3 Å². The summed E-state index contributed by atoms with van der Waals surface area (Å²) in [6.45, 7) is 1.99. The molecule has 1 heterocycles. The van der Waals surface area contributed by atoms with Gasteiger partial charge in [0.2, 0.25) is 0 Å². The maximum absolute atomic E-state index is 5.97. The van der Waals surface area contributed by atoms with Crippen LogP contribution in [0.2, 0.25) is 0 Å². The van der Waals surface area contributed by atoms with E-state index in [-0.39, 0.29) is 12.1 Å². The van der Waals surface area contributed by atoms with E-state index in [1.807, 2.05) is 19.1 Å². The van der Waals surface area contributed by atoms with Crippen molar-refractivity contribution < 1.29 is 9.47 Å². The molecule has 2 rings (SSSR count). The van der Waals surface area contributed by atoms with Crippen molar-refractivity contribution in [2.75, 3.05) is 7.11 Å². The molecule has 19 heavy (non-hydrogen) atoms. The summed E-state index contributed by atoms with van der Waals surface area (Å²) < 4.78 is 11.4. The fourth-order valence-electron chi connectivity index (χ4n) is 2.55. The van der Waals surface area contributed by atoms with Crippen molar-refractivity contribution in [1.82, 2.24) is 4.98 Å². The Kier molecular flexibility index (Phi) is 5.16. The molecule has 3 unspecified atom stereocenters. The van der Waals surface area contributed by atoms with Gasteiger partial charge in [-0.05, 0) is 38.3 Å². The first-order chi connectivity index (χ1) is 9.17. The minimum absolute atomic E-state index is 0.139. The van der Waals surface area contributed by atoms with Crippen molar-refractivity contribution in [3.8, 4) is 5.75 Å². The fourth-order valence-corrected chi connectivity index (χ4v) is 2.55. The zero-order valence-corrected chi connectivity index (χ0v) is 11.8. The Balaban J connectivity index is 1.88. The third-order valence-corrected chi connectivity index (χ3v) is 3.54. The predicted octanol–water partition coefficient (Wildman–Crippen LogP) is 2.31. The van der Waals surface area contributed by atoms with Gasteiger partial charge in [0, 0.05) is 31.7 Å². The molecule has 3 atom stereocenters. The molecule has 0 saturated heterocycles. The number of methoxy groups -OCH3 is 1. The van der Waals surface area contributed by atoms with Crippen molar-refractivity contribution in [3.05, 3.63) is 24.0 Å². The average Bonchev–Trinajstić information content (AvgIpc) is 2.41. The van der Waals surface area contributed by atoms with E-state index in [0.29, 0.717) is 6.10 Å². The molecule has 0 aliphatic heterocycles. The first-order valence-corrected chi connectivity index (χ1v) is 7.07. The van der Waals surface area contributed by atoms with E-state index in [1.165, 1.54) is 6.42 Å². The van der Waals surface area contributed by atoms with E-state index in [9.17, 15) is 0 Å².